The molecule has 1 fully saturated rings. The number of carbonyl (C=O) groups is 1. The van der Waals surface area contributed by atoms with Crippen molar-refractivity contribution in [1.29, 1.82) is 0 Å². The van der Waals surface area contributed by atoms with E-state index in [-0.39, 0.29) is 23.5 Å². The van der Waals surface area contributed by atoms with E-state index in [2.05, 4.69) is 41.8 Å². The van der Waals surface area contributed by atoms with Gasteiger partial charge in [0.2, 0.25) is 5.91 Å². The number of amides is 1. The molecule has 1 atom stereocenters. The Kier molecular flexibility index (Phi) is 5.21. The van der Waals surface area contributed by atoms with Crippen LogP contribution in [0.2, 0.25) is 0 Å². The van der Waals surface area contributed by atoms with Crippen molar-refractivity contribution >= 4 is 43.6 Å². The summed E-state index contributed by atoms with van der Waals surface area (Å²) in [6, 6.07) is 14.4. The van der Waals surface area contributed by atoms with Crippen molar-refractivity contribution in [3.8, 4) is 0 Å². The molecule has 3 aromatic rings. The van der Waals surface area contributed by atoms with Crippen molar-refractivity contribution < 1.29 is 13.2 Å². The molecule has 6 heteroatoms. The monoisotopic (exact) mass is 410 g/mol. The zero-order valence-corrected chi connectivity index (χ0v) is 17.7. The van der Waals surface area contributed by atoms with Crippen molar-refractivity contribution in [2.24, 2.45) is 0 Å². The summed E-state index contributed by atoms with van der Waals surface area (Å²) in [5.41, 5.74) is 3.35. The first-order valence-corrected chi connectivity index (χ1v) is 12.0. The van der Waals surface area contributed by atoms with E-state index in [1.54, 1.807) is 11.0 Å². The summed E-state index contributed by atoms with van der Waals surface area (Å²) in [7, 11) is -3.02. The topological polar surface area (TPSA) is 59.4 Å². The first-order chi connectivity index (χ1) is 13.9. The third kappa shape index (κ3) is 3.69. The molecular formula is C23H26N2O3S. The zero-order chi connectivity index (χ0) is 20.6. The molecule has 0 aliphatic carbocycles. The molecule has 1 aliphatic rings. The van der Waals surface area contributed by atoms with Crippen molar-refractivity contribution in [2.75, 3.05) is 18.1 Å². The molecule has 1 aliphatic heterocycles. The minimum atomic E-state index is -3.02. The van der Waals surface area contributed by atoms with Gasteiger partial charge in [-0.15, -0.1) is 0 Å². The Morgan fingerprint density at radius 2 is 1.90 bits per heavy atom. The van der Waals surface area contributed by atoms with E-state index < -0.39 is 9.84 Å². The smallest absolute Gasteiger partial charge is 0.246 e. The summed E-state index contributed by atoms with van der Waals surface area (Å²) in [6.07, 6.45) is 3.92. The third-order valence-electron chi connectivity index (χ3n) is 5.80. The molecule has 0 spiro atoms. The van der Waals surface area contributed by atoms with E-state index in [1.165, 1.54) is 21.8 Å². The maximum atomic E-state index is 12.7. The second-order valence-corrected chi connectivity index (χ2v) is 9.78. The quantitative estimate of drug-likeness (QED) is 0.600. The minimum Gasteiger partial charge on any atom is -0.341 e. The van der Waals surface area contributed by atoms with Crippen LogP contribution in [0, 0.1) is 0 Å². The van der Waals surface area contributed by atoms with Crippen LogP contribution >= 0.6 is 0 Å². The highest BCUT2D eigenvalue weighted by Gasteiger charge is 2.33. The van der Waals surface area contributed by atoms with Gasteiger partial charge in [0, 0.05) is 47.0 Å². The van der Waals surface area contributed by atoms with Crippen LogP contribution in [0.3, 0.4) is 0 Å². The van der Waals surface area contributed by atoms with Crippen molar-refractivity contribution in [2.45, 2.75) is 32.9 Å². The number of carbonyl (C=O) groups excluding carboxylic acids is 1. The van der Waals surface area contributed by atoms with Crippen LogP contribution in [-0.2, 0) is 21.2 Å². The maximum absolute atomic E-state index is 12.7. The Morgan fingerprint density at radius 1 is 1.14 bits per heavy atom. The summed E-state index contributed by atoms with van der Waals surface area (Å²) >= 11 is 0. The molecule has 0 bridgehead atoms. The van der Waals surface area contributed by atoms with Crippen LogP contribution in [0.25, 0.3) is 27.9 Å². The van der Waals surface area contributed by atoms with Gasteiger partial charge in [-0.05, 0) is 50.1 Å². The highest BCUT2D eigenvalue weighted by atomic mass is 32.2. The fraction of sp³-hybridized carbons (Fsp3) is 0.348. The predicted molar refractivity (Wildman–Crippen MR) is 119 cm³/mol. The molecule has 1 saturated heterocycles. The second kappa shape index (κ2) is 7.67. The number of rotatable bonds is 5. The number of benzene rings is 2. The van der Waals surface area contributed by atoms with Crippen molar-refractivity contribution in [3.05, 3.63) is 54.1 Å². The molecule has 1 amide bonds. The molecule has 0 N–H and O–H groups in total. The van der Waals surface area contributed by atoms with Crippen LogP contribution in [-0.4, -0.2) is 47.9 Å². The largest absolute Gasteiger partial charge is 0.341 e. The first kappa shape index (κ1) is 19.7. The lowest BCUT2D eigenvalue weighted by molar-refractivity contribution is -0.127. The van der Waals surface area contributed by atoms with Gasteiger partial charge in [-0.25, -0.2) is 8.42 Å². The second-order valence-electron chi connectivity index (χ2n) is 7.55. The van der Waals surface area contributed by atoms with Crippen LogP contribution in [0.1, 0.15) is 25.8 Å². The highest BCUT2D eigenvalue weighted by Crippen LogP contribution is 2.30. The van der Waals surface area contributed by atoms with Gasteiger partial charge in [-0.1, -0.05) is 24.3 Å². The fourth-order valence-corrected chi connectivity index (χ4v) is 6.12. The van der Waals surface area contributed by atoms with E-state index in [1.807, 2.05) is 25.1 Å². The van der Waals surface area contributed by atoms with E-state index in [9.17, 15) is 13.2 Å². The van der Waals surface area contributed by atoms with E-state index in [4.69, 9.17) is 0 Å². The van der Waals surface area contributed by atoms with Crippen LogP contribution in [0.5, 0.6) is 0 Å². The molecule has 2 heterocycles. The van der Waals surface area contributed by atoms with Crippen LogP contribution < -0.4 is 0 Å². The number of fused-ring (bicyclic) bond motifs is 3. The Bertz CT molecular complexity index is 1210. The zero-order valence-electron chi connectivity index (χ0n) is 16.8. The van der Waals surface area contributed by atoms with Gasteiger partial charge in [0.25, 0.3) is 0 Å². The van der Waals surface area contributed by atoms with E-state index in [0.29, 0.717) is 13.0 Å². The molecule has 0 radical (unpaired) electrons. The maximum Gasteiger partial charge on any atom is 0.246 e. The van der Waals surface area contributed by atoms with Gasteiger partial charge in [0.15, 0.2) is 9.84 Å². The summed E-state index contributed by atoms with van der Waals surface area (Å²) in [5.74, 6) is 0.109. The molecule has 5 nitrogen and oxygen atoms in total. The summed E-state index contributed by atoms with van der Waals surface area (Å²) < 4.78 is 25.8. The fourth-order valence-electron chi connectivity index (χ4n) is 4.39. The number of likely N-dealkylation sites (N-methyl/N-ethyl adjacent to an activating group) is 1. The van der Waals surface area contributed by atoms with E-state index in [0.717, 1.165) is 12.1 Å². The SMILES string of the molecule is CCN(C(=O)/C=C/c1ccc2c(c1)c1ccccc1n2CC)[C@@H]1CCS(=O)(=O)C1. The highest BCUT2D eigenvalue weighted by molar-refractivity contribution is 7.91. The van der Waals surface area contributed by atoms with Crippen LogP contribution in [0.4, 0.5) is 0 Å². The third-order valence-corrected chi connectivity index (χ3v) is 7.55. The molecule has 152 valence electrons. The first-order valence-electron chi connectivity index (χ1n) is 10.1. The normalized spacial score (nSPS) is 18.8. The number of aromatic nitrogens is 1. The van der Waals surface area contributed by atoms with Gasteiger partial charge in [0.1, 0.15) is 0 Å². The standard InChI is InChI=1S/C23H26N2O3S/c1-3-24(18-13-14-29(27,28)16-18)23(26)12-10-17-9-11-22-20(15-17)19-7-5-6-8-21(19)25(22)4-2/h5-12,15,18H,3-4,13-14,16H2,1-2H3/b12-10+/t18-/m1/s1. The lowest BCUT2D eigenvalue weighted by Crippen LogP contribution is -2.40. The average molecular weight is 411 g/mol. The van der Waals surface area contributed by atoms with Gasteiger partial charge in [-0.3, -0.25) is 4.79 Å². The lowest BCUT2D eigenvalue weighted by atomic mass is 10.1. The molecule has 0 saturated carbocycles. The predicted octanol–water partition coefficient (Wildman–Crippen LogP) is 3.86. The number of para-hydroxylation sites is 1. The number of aryl methyl sites for hydroxylation is 1. The van der Waals surface area contributed by atoms with Gasteiger partial charge >= 0.3 is 0 Å². The molecule has 1 aromatic heterocycles. The number of hydrogen-bond acceptors (Lipinski definition) is 3. The summed E-state index contributed by atoms with van der Waals surface area (Å²) in [5, 5.41) is 2.38. The minimum absolute atomic E-state index is 0.0723. The number of nitrogens with zero attached hydrogens (tertiary/aromatic N) is 2. The van der Waals surface area contributed by atoms with Crippen molar-refractivity contribution in [1.82, 2.24) is 9.47 Å². The van der Waals surface area contributed by atoms with Crippen molar-refractivity contribution in [3.63, 3.8) is 0 Å². The van der Waals surface area contributed by atoms with Crippen LogP contribution in [0.15, 0.2) is 48.5 Å². The Balaban J connectivity index is 1.62. The average Bonchev–Trinajstić information content (AvgIpc) is 3.23. The Labute approximate surface area is 171 Å². The lowest BCUT2D eigenvalue weighted by Gasteiger charge is -2.25. The number of sulfone groups is 1. The summed E-state index contributed by atoms with van der Waals surface area (Å²) in [6.45, 7) is 5.43. The molecule has 0 unspecified atom stereocenters. The molecule has 4 rings (SSSR count). The number of hydrogen-bond donors (Lipinski definition) is 0. The molecular weight excluding hydrogens is 384 g/mol. The van der Waals surface area contributed by atoms with Gasteiger partial charge < -0.3 is 9.47 Å². The van der Waals surface area contributed by atoms with Gasteiger partial charge in [-0.2, -0.15) is 0 Å². The Hall–Kier alpha value is -2.60. The molecule has 2 aromatic carbocycles. The van der Waals surface area contributed by atoms with Gasteiger partial charge in [0.05, 0.1) is 11.5 Å². The Morgan fingerprint density at radius 3 is 2.59 bits per heavy atom. The van der Waals surface area contributed by atoms with E-state index >= 15 is 0 Å². The molecule has 29 heavy (non-hydrogen) atoms. The summed E-state index contributed by atoms with van der Waals surface area (Å²) in [4.78, 5) is 14.4.